The van der Waals surface area contributed by atoms with Gasteiger partial charge in [0.1, 0.15) is 22.9 Å². The van der Waals surface area contributed by atoms with E-state index in [2.05, 4.69) is 10.6 Å². The molecular weight excluding hydrogens is 598 g/mol. The molecule has 0 spiro atoms. The highest BCUT2D eigenvalue weighted by Gasteiger charge is 2.48. The third-order valence-corrected chi connectivity index (χ3v) is 8.98. The summed E-state index contributed by atoms with van der Waals surface area (Å²) in [4.78, 5) is 25.6. The number of amides is 1. The van der Waals surface area contributed by atoms with Gasteiger partial charge in [0.15, 0.2) is 0 Å². The number of ether oxygens (including phenoxy) is 1. The van der Waals surface area contributed by atoms with Crippen LogP contribution in [0.2, 0.25) is 0 Å². The zero-order chi connectivity index (χ0) is 33.5. The smallest absolute Gasteiger partial charge is 0.407 e. The number of nitrogens with one attached hydrogen (secondary N) is 2. The number of esters is 1. The number of alkyl halides is 4. The Morgan fingerprint density at radius 3 is 1.91 bits per heavy atom. The summed E-state index contributed by atoms with van der Waals surface area (Å²) in [5, 5.41) is 14.2. The molecule has 1 aliphatic carbocycles. The van der Waals surface area contributed by atoms with Crippen molar-refractivity contribution in [2.45, 2.75) is 94.9 Å². The molecule has 0 aromatic heterocycles. The molecule has 1 amide bonds. The Hall–Kier alpha value is -4.23. The quantitative estimate of drug-likeness (QED) is 0.164. The van der Waals surface area contributed by atoms with E-state index in [9.17, 15) is 32.4 Å². The minimum atomic E-state index is -4.79. The van der Waals surface area contributed by atoms with Crippen molar-refractivity contribution in [3.8, 4) is 28.3 Å². The van der Waals surface area contributed by atoms with Crippen molar-refractivity contribution in [1.29, 1.82) is 5.26 Å². The number of halogens is 4. The van der Waals surface area contributed by atoms with Crippen LogP contribution < -0.4 is 10.6 Å². The second-order valence-electron chi connectivity index (χ2n) is 12.9. The minimum absolute atomic E-state index is 0.135. The van der Waals surface area contributed by atoms with Gasteiger partial charge in [-0.1, -0.05) is 74.5 Å². The molecule has 46 heavy (non-hydrogen) atoms. The monoisotopic (exact) mass is 635 g/mol. The van der Waals surface area contributed by atoms with Gasteiger partial charge in [-0.3, -0.25) is 10.1 Å². The van der Waals surface area contributed by atoms with Crippen molar-refractivity contribution < 1.29 is 31.9 Å². The third-order valence-electron chi connectivity index (χ3n) is 8.98. The number of rotatable bonds is 11. The molecule has 1 aliphatic heterocycles. The van der Waals surface area contributed by atoms with Crippen molar-refractivity contribution in [2.75, 3.05) is 0 Å². The van der Waals surface area contributed by atoms with Gasteiger partial charge in [0.25, 0.3) is 0 Å². The van der Waals surface area contributed by atoms with Crippen LogP contribution in [0.15, 0.2) is 66.7 Å². The molecular formula is C36H37F4N3O3. The summed E-state index contributed by atoms with van der Waals surface area (Å²) in [6, 6.07) is 17.2. The lowest BCUT2D eigenvalue weighted by Gasteiger charge is -2.30. The number of fused-ring (bicyclic) bond motifs is 1. The Kier molecular flexibility index (Phi) is 8.77. The minimum Gasteiger partial charge on any atom is -0.451 e. The van der Waals surface area contributed by atoms with Crippen LogP contribution in [0.3, 0.4) is 0 Å². The Labute approximate surface area is 266 Å². The maximum Gasteiger partial charge on any atom is 0.407 e. The van der Waals surface area contributed by atoms with Crippen molar-refractivity contribution in [2.24, 2.45) is 0 Å². The standard InChI is InChI=1S/C36H37F4N3O3/c1-5-35(6-2)28-16-15-26(19-27(28)32(45)46-35)24-9-7-22(8-10-24)23-11-13-25(14-12-23)30(36(38,39)40)42-29(20-33(3,4)37)31(44)43-34(21-41)17-18-34/h7-16,19,29-30,42H,5-6,17-18,20H2,1-4H3,(H,43,44)/t29-,30-/m0/s1. The fourth-order valence-corrected chi connectivity index (χ4v) is 6.08. The van der Waals surface area contributed by atoms with Gasteiger partial charge < -0.3 is 10.1 Å². The molecule has 242 valence electrons. The predicted molar refractivity (Wildman–Crippen MR) is 166 cm³/mol. The van der Waals surface area contributed by atoms with Gasteiger partial charge in [0.05, 0.1) is 17.7 Å². The normalized spacial score (nSPS) is 17.8. The highest BCUT2D eigenvalue weighted by atomic mass is 19.4. The molecule has 0 radical (unpaired) electrons. The zero-order valence-electron chi connectivity index (χ0n) is 26.2. The second-order valence-corrected chi connectivity index (χ2v) is 12.9. The van der Waals surface area contributed by atoms with Gasteiger partial charge in [0.2, 0.25) is 5.91 Å². The van der Waals surface area contributed by atoms with Gasteiger partial charge in [-0.25, -0.2) is 9.18 Å². The van der Waals surface area contributed by atoms with E-state index in [4.69, 9.17) is 4.74 Å². The average molecular weight is 636 g/mol. The highest BCUT2D eigenvalue weighted by Crippen LogP contribution is 2.43. The molecule has 6 nitrogen and oxygen atoms in total. The Morgan fingerprint density at radius 2 is 1.43 bits per heavy atom. The van der Waals surface area contributed by atoms with E-state index in [0.717, 1.165) is 22.3 Å². The fourth-order valence-electron chi connectivity index (χ4n) is 6.08. The lowest BCUT2D eigenvalue weighted by molar-refractivity contribution is -0.161. The number of carbonyl (C=O) groups is 2. The number of benzene rings is 3. The molecule has 1 fully saturated rings. The van der Waals surface area contributed by atoms with E-state index in [-0.39, 0.29) is 11.5 Å². The summed E-state index contributed by atoms with van der Waals surface area (Å²) in [6.45, 7) is 6.37. The second kappa shape index (κ2) is 12.2. The molecule has 0 unspecified atom stereocenters. The number of hydrogen-bond donors (Lipinski definition) is 2. The number of nitrogens with zero attached hydrogens (tertiary/aromatic N) is 1. The maximum absolute atomic E-state index is 14.6. The van der Waals surface area contributed by atoms with Crippen LogP contribution in [0, 0.1) is 11.3 Å². The molecule has 0 saturated heterocycles. The fraction of sp³-hybridized carbons (Fsp3) is 0.417. The summed E-state index contributed by atoms with van der Waals surface area (Å²) < 4.78 is 63.3. The SMILES string of the molecule is CCC1(CC)OC(=O)c2cc(-c3ccc(-c4ccc([C@H](N[C@@H](CC(C)(C)F)C(=O)NC5(C#N)CC5)C(F)(F)F)cc4)cc3)ccc21. The molecule has 1 heterocycles. The summed E-state index contributed by atoms with van der Waals surface area (Å²) in [5.74, 6) is -1.18. The molecule has 0 bridgehead atoms. The van der Waals surface area contributed by atoms with Crippen LogP contribution in [0.25, 0.3) is 22.3 Å². The van der Waals surface area contributed by atoms with Crippen LogP contribution in [-0.2, 0) is 15.1 Å². The highest BCUT2D eigenvalue weighted by molar-refractivity contribution is 5.96. The number of carbonyl (C=O) groups excluding carboxylic acids is 2. The first kappa shape index (κ1) is 33.1. The Morgan fingerprint density at radius 1 is 0.913 bits per heavy atom. The first-order valence-corrected chi connectivity index (χ1v) is 15.5. The van der Waals surface area contributed by atoms with Crippen molar-refractivity contribution in [3.05, 3.63) is 83.4 Å². The number of nitriles is 1. The van der Waals surface area contributed by atoms with E-state index in [1.807, 2.05) is 62.4 Å². The zero-order valence-corrected chi connectivity index (χ0v) is 26.2. The van der Waals surface area contributed by atoms with E-state index < -0.39 is 47.4 Å². The molecule has 2 atom stereocenters. The van der Waals surface area contributed by atoms with Crippen LogP contribution in [0.1, 0.15) is 87.3 Å². The van der Waals surface area contributed by atoms with Gasteiger partial charge in [-0.05, 0) is 73.4 Å². The van der Waals surface area contributed by atoms with Crippen molar-refractivity contribution in [1.82, 2.24) is 10.6 Å². The van der Waals surface area contributed by atoms with Crippen molar-refractivity contribution in [3.63, 3.8) is 0 Å². The molecule has 5 rings (SSSR count). The number of cyclic esters (lactones) is 1. The van der Waals surface area contributed by atoms with Crippen molar-refractivity contribution >= 4 is 11.9 Å². The van der Waals surface area contributed by atoms with E-state index in [1.54, 1.807) is 12.1 Å². The van der Waals surface area contributed by atoms with Crippen LogP contribution >= 0.6 is 0 Å². The van der Waals surface area contributed by atoms with E-state index in [1.165, 1.54) is 26.0 Å². The molecule has 3 aromatic rings. The number of hydrogen-bond acceptors (Lipinski definition) is 5. The lowest BCUT2D eigenvalue weighted by Crippen LogP contribution is -2.53. The van der Waals surface area contributed by atoms with Gasteiger partial charge in [-0.15, -0.1) is 0 Å². The molecule has 10 heteroatoms. The Bertz CT molecular complexity index is 1650. The first-order chi connectivity index (χ1) is 21.6. The summed E-state index contributed by atoms with van der Waals surface area (Å²) >= 11 is 0. The summed E-state index contributed by atoms with van der Waals surface area (Å²) in [5.41, 5.74) is 0.821. The van der Waals surface area contributed by atoms with Gasteiger partial charge in [0, 0.05) is 12.0 Å². The van der Waals surface area contributed by atoms with E-state index in [0.29, 0.717) is 36.8 Å². The predicted octanol–water partition coefficient (Wildman–Crippen LogP) is 8.08. The first-order valence-electron chi connectivity index (χ1n) is 15.5. The van der Waals surface area contributed by atoms with Crippen LogP contribution in [-0.4, -0.2) is 35.3 Å². The maximum atomic E-state index is 14.6. The molecule has 1 saturated carbocycles. The Balaban J connectivity index is 1.35. The van der Waals surface area contributed by atoms with Gasteiger partial charge in [-0.2, -0.15) is 18.4 Å². The average Bonchev–Trinajstić information content (AvgIpc) is 3.74. The van der Waals surface area contributed by atoms with E-state index >= 15 is 0 Å². The third kappa shape index (κ3) is 6.80. The van der Waals surface area contributed by atoms with Crippen LogP contribution in [0.4, 0.5) is 17.6 Å². The lowest BCUT2D eigenvalue weighted by atomic mass is 9.86. The summed E-state index contributed by atoms with van der Waals surface area (Å²) in [6.07, 6.45) is -3.14. The topological polar surface area (TPSA) is 91.2 Å². The molecule has 3 aromatic carbocycles. The van der Waals surface area contributed by atoms with Gasteiger partial charge >= 0.3 is 12.1 Å². The molecule has 2 N–H and O–H groups in total. The van der Waals surface area contributed by atoms with Crippen LogP contribution in [0.5, 0.6) is 0 Å². The largest absolute Gasteiger partial charge is 0.451 e. The summed E-state index contributed by atoms with van der Waals surface area (Å²) in [7, 11) is 0. The molecule has 2 aliphatic rings.